The number of aliphatic hydroxyl groups is 1. The van der Waals surface area contributed by atoms with Crippen molar-refractivity contribution >= 4 is 16.6 Å². The van der Waals surface area contributed by atoms with Crippen LogP contribution in [0.3, 0.4) is 0 Å². The average Bonchev–Trinajstić information content (AvgIpc) is 2.39. The van der Waals surface area contributed by atoms with Crippen molar-refractivity contribution in [3.8, 4) is 0 Å². The van der Waals surface area contributed by atoms with Crippen molar-refractivity contribution in [2.24, 2.45) is 0 Å². The molecule has 0 unspecified atom stereocenters. The number of rotatable bonds is 6. The first-order valence-corrected chi connectivity index (χ1v) is 6.10. The van der Waals surface area contributed by atoms with E-state index in [2.05, 4.69) is 16.4 Å². The zero-order chi connectivity index (χ0) is 11.9. The first kappa shape index (κ1) is 11.9. The van der Waals surface area contributed by atoms with Crippen LogP contribution in [0.4, 0.5) is 5.69 Å². The van der Waals surface area contributed by atoms with Crippen molar-refractivity contribution in [2.45, 2.75) is 19.3 Å². The molecule has 2 N–H and O–H groups in total. The Labute approximate surface area is 102 Å². The van der Waals surface area contributed by atoms with E-state index in [-0.39, 0.29) is 6.61 Å². The summed E-state index contributed by atoms with van der Waals surface area (Å²) in [6.07, 6.45) is 4.86. The van der Waals surface area contributed by atoms with Gasteiger partial charge < -0.3 is 10.4 Å². The van der Waals surface area contributed by atoms with Gasteiger partial charge in [0.2, 0.25) is 0 Å². The van der Waals surface area contributed by atoms with Crippen LogP contribution in [0.15, 0.2) is 36.5 Å². The molecular weight excluding hydrogens is 212 g/mol. The van der Waals surface area contributed by atoms with Gasteiger partial charge in [0.15, 0.2) is 0 Å². The monoisotopic (exact) mass is 230 g/mol. The maximum Gasteiger partial charge on any atom is 0.0722 e. The first-order valence-electron chi connectivity index (χ1n) is 6.10. The number of nitrogens with one attached hydrogen (secondary N) is 1. The molecule has 90 valence electrons. The Morgan fingerprint density at radius 1 is 1.06 bits per heavy atom. The first-order chi connectivity index (χ1) is 8.42. The summed E-state index contributed by atoms with van der Waals surface area (Å²) < 4.78 is 0. The van der Waals surface area contributed by atoms with Crippen LogP contribution >= 0.6 is 0 Å². The Bertz CT molecular complexity index is 465. The molecule has 1 aromatic carbocycles. The Kier molecular flexibility index (Phi) is 4.33. The Hall–Kier alpha value is -1.61. The van der Waals surface area contributed by atoms with E-state index >= 15 is 0 Å². The lowest BCUT2D eigenvalue weighted by Crippen LogP contribution is -2.02. The van der Waals surface area contributed by atoms with Crippen LogP contribution < -0.4 is 5.32 Å². The Balaban J connectivity index is 1.98. The molecule has 0 aliphatic rings. The molecule has 0 atom stereocenters. The number of para-hydroxylation sites is 1. The summed E-state index contributed by atoms with van der Waals surface area (Å²) in [4.78, 5) is 4.33. The SMILES string of the molecule is OCCCCCNc1ccnc2ccccc12. The number of aromatic nitrogens is 1. The van der Waals surface area contributed by atoms with E-state index in [1.54, 1.807) is 0 Å². The molecule has 17 heavy (non-hydrogen) atoms. The fourth-order valence-electron chi connectivity index (χ4n) is 1.89. The van der Waals surface area contributed by atoms with Gasteiger partial charge in [-0.25, -0.2) is 0 Å². The smallest absolute Gasteiger partial charge is 0.0722 e. The van der Waals surface area contributed by atoms with Crippen LogP contribution in [-0.2, 0) is 0 Å². The molecule has 0 aliphatic heterocycles. The third kappa shape index (κ3) is 3.17. The number of unbranched alkanes of at least 4 members (excludes halogenated alkanes) is 2. The van der Waals surface area contributed by atoms with E-state index in [9.17, 15) is 0 Å². The highest BCUT2D eigenvalue weighted by Crippen LogP contribution is 2.20. The third-order valence-corrected chi connectivity index (χ3v) is 2.80. The molecule has 0 fully saturated rings. The van der Waals surface area contributed by atoms with E-state index in [0.29, 0.717) is 0 Å². The van der Waals surface area contributed by atoms with E-state index < -0.39 is 0 Å². The van der Waals surface area contributed by atoms with Crippen molar-refractivity contribution in [1.29, 1.82) is 0 Å². The van der Waals surface area contributed by atoms with Gasteiger partial charge in [0.1, 0.15) is 0 Å². The topological polar surface area (TPSA) is 45.1 Å². The summed E-state index contributed by atoms with van der Waals surface area (Å²) in [7, 11) is 0. The second kappa shape index (κ2) is 6.21. The number of benzene rings is 1. The molecule has 3 nitrogen and oxygen atoms in total. The zero-order valence-corrected chi connectivity index (χ0v) is 9.89. The van der Waals surface area contributed by atoms with Crippen LogP contribution in [-0.4, -0.2) is 23.2 Å². The van der Waals surface area contributed by atoms with Gasteiger partial charge in [0, 0.05) is 30.4 Å². The summed E-state index contributed by atoms with van der Waals surface area (Å²) in [6.45, 7) is 1.23. The molecule has 1 heterocycles. The van der Waals surface area contributed by atoms with Crippen molar-refractivity contribution in [1.82, 2.24) is 4.98 Å². The number of fused-ring (bicyclic) bond motifs is 1. The van der Waals surface area contributed by atoms with Gasteiger partial charge >= 0.3 is 0 Å². The summed E-state index contributed by atoms with van der Waals surface area (Å²) in [5.41, 5.74) is 2.16. The largest absolute Gasteiger partial charge is 0.396 e. The van der Waals surface area contributed by atoms with Crippen molar-refractivity contribution in [2.75, 3.05) is 18.5 Å². The molecule has 2 rings (SSSR count). The van der Waals surface area contributed by atoms with Gasteiger partial charge in [-0.15, -0.1) is 0 Å². The minimum absolute atomic E-state index is 0.290. The fraction of sp³-hybridized carbons (Fsp3) is 0.357. The van der Waals surface area contributed by atoms with Crippen molar-refractivity contribution < 1.29 is 5.11 Å². The molecule has 0 spiro atoms. The van der Waals surface area contributed by atoms with Gasteiger partial charge in [0.05, 0.1) is 5.52 Å². The number of anilines is 1. The second-order valence-corrected chi connectivity index (χ2v) is 4.09. The highest BCUT2D eigenvalue weighted by Gasteiger charge is 1.99. The third-order valence-electron chi connectivity index (χ3n) is 2.80. The zero-order valence-electron chi connectivity index (χ0n) is 9.89. The summed E-state index contributed by atoms with van der Waals surface area (Å²) in [6, 6.07) is 10.1. The van der Waals surface area contributed by atoms with Gasteiger partial charge in [-0.3, -0.25) is 4.98 Å². The minimum Gasteiger partial charge on any atom is -0.396 e. The second-order valence-electron chi connectivity index (χ2n) is 4.09. The van der Waals surface area contributed by atoms with Gasteiger partial charge in [-0.2, -0.15) is 0 Å². The summed E-state index contributed by atoms with van der Waals surface area (Å²) in [5.74, 6) is 0. The Morgan fingerprint density at radius 3 is 2.82 bits per heavy atom. The van der Waals surface area contributed by atoms with Crippen molar-refractivity contribution in [3.05, 3.63) is 36.5 Å². The molecule has 0 bridgehead atoms. The molecule has 3 heteroatoms. The molecule has 0 amide bonds. The lowest BCUT2D eigenvalue weighted by molar-refractivity contribution is 0.283. The lowest BCUT2D eigenvalue weighted by Gasteiger charge is -2.08. The number of pyridine rings is 1. The maximum atomic E-state index is 8.70. The predicted molar refractivity (Wildman–Crippen MR) is 71.2 cm³/mol. The predicted octanol–water partition coefficient (Wildman–Crippen LogP) is 2.81. The molecule has 0 radical (unpaired) electrons. The van der Waals surface area contributed by atoms with Crippen LogP contribution in [0.1, 0.15) is 19.3 Å². The molecule has 1 aromatic heterocycles. The summed E-state index contributed by atoms with van der Waals surface area (Å²) >= 11 is 0. The van der Waals surface area contributed by atoms with E-state index in [4.69, 9.17) is 5.11 Å². The van der Waals surface area contributed by atoms with Crippen LogP contribution in [0.25, 0.3) is 10.9 Å². The molecule has 0 saturated carbocycles. The Morgan fingerprint density at radius 2 is 1.94 bits per heavy atom. The standard InChI is InChI=1S/C14H18N2O/c17-11-5-1-4-9-15-14-8-10-16-13-7-3-2-6-12(13)14/h2-3,6-8,10,17H,1,4-5,9,11H2,(H,15,16). The number of nitrogens with zero attached hydrogens (tertiary/aromatic N) is 1. The van der Waals surface area contributed by atoms with Crippen LogP contribution in [0, 0.1) is 0 Å². The van der Waals surface area contributed by atoms with Gasteiger partial charge in [0.25, 0.3) is 0 Å². The molecular formula is C14H18N2O. The summed E-state index contributed by atoms with van der Waals surface area (Å²) in [5, 5.41) is 13.3. The van der Waals surface area contributed by atoms with E-state index in [1.165, 1.54) is 0 Å². The molecule has 0 aliphatic carbocycles. The highest BCUT2D eigenvalue weighted by molar-refractivity contribution is 5.90. The van der Waals surface area contributed by atoms with Crippen molar-refractivity contribution in [3.63, 3.8) is 0 Å². The average molecular weight is 230 g/mol. The van der Waals surface area contributed by atoms with Gasteiger partial charge in [-0.1, -0.05) is 18.2 Å². The quantitative estimate of drug-likeness (QED) is 0.750. The lowest BCUT2D eigenvalue weighted by atomic mass is 10.2. The number of hydrogen-bond acceptors (Lipinski definition) is 3. The maximum absolute atomic E-state index is 8.70. The number of hydrogen-bond donors (Lipinski definition) is 2. The highest BCUT2D eigenvalue weighted by atomic mass is 16.2. The minimum atomic E-state index is 0.290. The van der Waals surface area contributed by atoms with Crippen LogP contribution in [0.2, 0.25) is 0 Å². The van der Waals surface area contributed by atoms with Gasteiger partial charge in [-0.05, 0) is 31.4 Å². The molecule has 2 aromatic rings. The fourth-order valence-corrected chi connectivity index (χ4v) is 1.89. The van der Waals surface area contributed by atoms with E-state index in [1.807, 2.05) is 30.5 Å². The number of aliphatic hydroxyl groups excluding tert-OH is 1. The van der Waals surface area contributed by atoms with E-state index in [0.717, 1.165) is 42.4 Å². The molecule has 0 saturated heterocycles. The normalized spacial score (nSPS) is 10.6. The van der Waals surface area contributed by atoms with Crippen LogP contribution in [0.5, 0.6) is 0 Å².